The van der Waals surface area contributed by atoms with Gasteiger partial charge in [0, 0.05) is 18.5 Å². The van der Waals surface area contributed by atoms with Crippen molar-refractivity contribution in [3.8, 4) is 0 Å². The van der Waals surface area contributed by atoms with E-state index in [1.54, 1.807) is 12.1 Å². The summed E-state index contributed by atoms with van der Waals surface area (Å²) in [5.74, 6) is -0.270. The smallest absolute Gasteiger partial charge is 0.405 e. The van der Waals surface area contributed by atoms with Crippen molar-refractivity contribution in [2.24, 2.45) is 5.41 Å². The predicted molar refractivity (Wildman–Crippen MR) is 99.8 cm³/mol. The maximum atomic E-state index is 13.7. The number of fused-ring (bicyclic) bond motifs is 1. The maximum Gasteiger partial charge on any atom is 0.405 e. The third-order valence-corrected chi connectivity index (χ3v) is 6.14. The average molecular weight is 420 g/mol. The number of pyridine rings is 1. The quantitative estimate of drug-likeness (QED) is 0.717. The van der Waals surface area contributed by atoms with Crippen LogP contribution in [-0.2, 0) is 6.42 Å². The van der Waals surface area contributed by atoms with Crippen LogP contribution in [0.2, 0.25) is 0 Å². The van der Waals surface area contributed by atoms with Crippen LogP contribution in [0.5, 0.6) is 0 Å². The minimum Gasteiger partial charge on any atom is -0.465 e. The molecule has 1 aromatic carbocycles. The third-order valence-electron chi connectivity index (χ3n) is 5.67. The second kappa shape index (κ2) is 6.54. The van der Waals surface area contributed by atoms with E-state index < -0.39 is 6.09 Å². The Morgan fingerprint density at radius 2 is 2.08 bits per heavy atom. The number of carbonyl (C=O) groups is 1. The van der Waals surface area contributed by atoms with Crippen molar-refractivity contribution in [2.75, 3.05) is 18.0 Å². The second-order valence-corrected chi connectivity index (χ2v) is 7.90. The Kier molecular flexibility index (Phi) is 4.34. The van der Waals surface area contributed by atoms with Gasteiger partial charge < -0.3 is 15.3 Å². The number of nitrogens with zero attached hydrogens (tertiary/aromatic N) is 2. The Morgan fingerprint density at radius 3 is 2.73 bits per heavy atom. The molecular weight excluding hydrogens is 401 g/mol. The third kappa shape index (κ3) is 3.05. The molecule has 26 heavy (non-hydrogen) atoms. The maximum absolute atomic E-state index is 13.7. The number of amides is 1. The molecule has 1 spiro atoms. The van der Waals surface area contributed by atoms with E-state index in [-0.39, 0.29) is 17.3 Å². The zero-order chi connectivity index (χ0) is 18.3. The fourth-order valence-corrected chi connectivity index (χ4v) is 4.64. The van der Waals surface area contributed by atoms with E-state index in [0.717, 1.165) is 47.3 Å². The molecule has 0 saturated carbocycles. The highest BCUT2D eigenvalue weighted by Crippen LogP contribution is 2.52. The Hall–Kier alpha value is -2.15. The number of aromatic nitrogens is 1. The molecule has 5 nitrogen and oxygen atoms in total. The molecule has 0 bridgehead atoms. The first-order chi connectivity index (χ1) is 12.5. The highest BCUT2D eigenvalue weighted by molar-refractivity contribution is 9.10. The van der Waals surface area contributed by atoms with Gasteiger partial charge in [0.05, 0.1) is 17.9 Å². The topological polar surface area (TPSA) is 65.5 Å². The van der Waals surface area contributed by atoms with Gasteiger partial charge in [-0.1, -0.05) is 6.07 Å². The van der Waals surface area contributed by atoms with Gasteiger partial charge in [-0.3, -0.25) is 0 Å². The lowest BCUT2D eigenvalue weighted by Crippen LogP contribution is -2.46. The molecule has 7 heteroatoms. The van der Waals surface area contributed by atoms with Gasteiger partial charge in [-0.25, -0.2) is 14.2 Å². The summed E-state index contributed by atoms with van der Waals surface area (Å²) < 4.78 is 14.5. The largest absolute Gasteiger partial charge is 0.465 e. The van der Waals surface area contributed by atoms with Gasteiger partial charge >= 0.3 is 6.09 Å². The molecule has 2 heterocycles. The molecule has 1 aromatic heterocycles. The summed E-state index contributed by atoms with van der Waals surface area (Å²) in [4.78, 5) is 17.9. The van der Waals surface area contributed by atoms with Crippen LogP contribution in [-0.4, -0.2) is 29.3 Å². The van der Waals surface area contributed by atoms with Gasteiger partial charge in [0.15, 0.2) is 0 Å². The molecule has 1 aliphatic heterocycles. The van der Waals surface area contributed by atoms with Crippen molar-refractivity contribution in [3.63, 3.8) is 0 Å². The summed E-state index contributed by atoms with van der Waals surface area (Å²) in [6.07, 6.45) is 3.19. The summed E-state index contributed by atoms with van der Waals surface area (Å²) in [6.45, 7) is 1.63. The van der Waals surface area contributed by atoms with Crippen LogP contribution in [0.1, 0.15) is 30.0 Å². The van der Waals surface area contributed by atoms with Gasteiger partial charge in [-0.05, 0) is 70.6 Å². The van der Waals surface area contributed by atoms with Gasteiger partial charge in [-0.15, -0.1) is 0 Å². The molecule has 4 rings (SSSR count). The number of carboxylic acid groups (broad SMARTS) is 1. The molecule has 1 atom stereocenters. The number of rotatable bonds is 2. The predicted octanol–water partition coefficient (Wildman–Crippen LogP) is 4.13. The summed E-state index contributed by atoms with van der Waals surface area (Å²) in [5.41, 5.74) is 2.69. The highest BCUT2D eigenvalue weighted by atomic mass is 79.9. The molecule has 2 aliphatic rings. The first kappa shape index (κ1) is 17.3. The molecule has 0 radical (unpaired) electrons. The zero-order valence-corrected chi connectivity index (χ0v) is 15.7. The van der Waals surface area contributed by atoms with Gasteiger partial charge in [0.1, 0.15) is 10.4 Å². The standard InChI is InChI=1S/C19H19BrFN3O2/c20-16-4-2-14(11-22-16)24-7-5-19(6-8-24)10-12-9-13(21)1-3-15(12)17(19)23-18(25)26/h1-4,9,11,17,23H,5-8,10H2,(H,25,26)/t17-/m1/s1. The molecule has 0 unspecified atom stereocenters. The van der Waals surface area contributed by atoms with E-state index >= 15 is 0 Å². The lowest BCUT2D eigenvalue weighted by molar-refractivity contribution is 0.141. The van der Waals surface area contributed by atoms with Crippen molar-refractivity contribution in [1.82, 2.24) is 10.3 Å². The lowest BCUT2D eigenvalue weighted by Gasteiger charge is -2.44. The molecule has 1 amide bonds. The second-order valence-electron chi connectivity index (χ2n) is 7.09. The fourth-order valence-electron chi connectivity index (χ4n) is 4.41. The number of halogens is 2. The van der Waals surface area contributed by atoms with Crippen LogP contribution in [0.3, 0.4) is 0 Å². The number of hydrogen-bond acceptors (Lipinski definition) is 3. The number of benzene rings is 1. The van der Waals surface area contributed by atoms with Crippen LogP contribution < -0.4 is 10.2 Å². The monoisotopic (exact) mass is 419 g/mol. The summed E-state index contributed by atoms with van der Waals surface area (Å²) >= 11 is 3.35. The lowest BCUT2D eigenvalue weighted by atomic mass is 9.72. The number of hydrogen-bond donors (Lipinski definition) is 2. The molecule has 2 aromatic rings. The number of anilines is 1. The van der Waals surface area contributed by atoms with Gasteiger partial charge in [0.25, 0.3) is 0 Å². The minimum absolute atomic E-state index is 0.201. The SMILES string of the molecule is O=C(O)N[C@@H]1c2ccc(F)cc2CC12CCN(c1ccc(Br)nc1)CC2. The Labute approximate surface area is 159 Å². The average Bonchev–Trinajstić information content (AvgIpc) is 2.88. The molecule has 1 fully saturated rings. The normalized spacial score (nSPS) is 20.8. The number of piperidine rings is 1. The van der Waals surface area contributed by atoms with Crippen LogP contribution in [0.15, 0.2) is 41.1 Å². The van der Waals surface area contributed by atoms with Gasteiger partial charge in [-0.2, -0.15) is 0 Å². The van der Waals surface area contributed by atoms with E-state index in [1.807, 2.05) is 18.3 Å². The summed E-state index contributed by atoms with van der Waals surface area (Å²) in [7, 11) is 0. The van der Waals surface area contributed by atoms with E-state index in [1.165, 1.54) is 6.07 Å². The van der Waals surface area contributed by atoms with E-state index in [9.17, 15) is 14.3 Å². The molecule has 1 aliphatic carbocycles. The molecular formula is C19H19BrFN3O2. The summed E-state index contributed by atoms with van der Waals surface area (Å²) in [6, 6.07) is 8.35. The van der Waals surface area contributed by atoms with Crippen molar-refractivity contribution in [2.45, 2.75) is 25.3 Å². The van der Waals surface area contributed by atoms with Crippen LogP contribution in [0.25, 0.3) is 0 Å². The van der Waals surface area contributed by atoms with E-state index in [2.05, 4.69) is 31.1 Å². The van der Waals surface area contributed by atoms with Crippen LogP contribution in [0.4, 0.5) is 14.9 Å². The Morgan fingerprint density at radius 1 is 1.31 bits per heavy atom. The van der Waals surface area contributed by atoms with Crippen LogP contribution >= 0.6 is 15.9 Å². The fraction of sp³-hybridized carbons (Fsp3) is 0.368. The highest BCUT2D eigenvalue weighted by Gasteiger charge is 2.48. The zero-order valence-electron chi connectivity index (χ0n) is 14.1. The van der Waals surface area contributed by atoms with Crippen molar-refractivity contribution >= 4 is 27.7 Å². The minimum atomic E-state index is -1.04. The molecule has 136 valence electrons. The number of nitrogens with one attached hydrogen (secondary N) is 1. The van der Waals surface area contributed by atoms with Crippen molar-refractivity contribution in [3.05, 3.63) is 58.1 Å². The first-order valence-corrected chi connectivity index (χ1v) is 9.40. The Balaban J connectivity index is 1.58. The summed E-state index contributed by atoms with van der Waals surface area (Å²) in [5, 5.41) is 12.0. The van der Waals surface area contributed by atoms with Gasteiger partial charge in [0.2, 0.25) is 0 Å². The Bertz CT molecular complexity index is 835. The first-order valence-electron chi connectivity index (χ1n) is 8.61. The van der Waals surface area contributed by atoms with E-state index in [0.29, 0.717) is 6.42 Å². The molecule has 1 saturated heterocycles. The van der Waals surface area contributed by atoms with Crippen molar-refractivity contribution < 1.29 is 14.3 Å². The van der Waals surface area contributed by atoms with Crippen LogP contribution in [0, 0.1) is 11.2 Å². The molecule has 2 N–H and O–H groups in total. The van der Waals surface area contributed by atoms with Crippen molar-refractivity contribution in [1.29, 1.82) is 0 Å². The van der Waals surface area contributed by atoms with E-state index in [4.69, 9.17) is 0 Å².